The minimum absolute atomic E-state index is 0.180. The highest BCUT2D eigenvalue weighted by Gasteiger charge is 2.14. The maximum absolute atomic E-state index is 13.2. The van der Waals surface area contributed by atoms with E-state index in [0.717, 1.165) is 6.07 Å². The predicted molar refractivity (Wildman–Crippen MR) is 58.4 cm³/mol. The maximum Gasteiger partial charge on any atom is 0.338 e. The molecule has 0 unspecified atom stereocenters. The van der Waals surface area contributed by atoms with Crippen LogP contribution < -0.4 is 0 Å². The molecule has 0 saturated carbocycles. The number of pyridine rings is 1. The number of aromatic nitrogens is 1. The molecule has 16 heavy (non-hydrogen) atoms. The summed E-state index contributed by atoms with van der Waals surface area (Å²) in [5.41, 5.74) is 0.617. The zero-order valence-corrected chi connectivity index (χ0v) is 9.05. The normalized spacial score (nSPS) is 10.7. The summed E-state index contributed by atoms with van der Waals surface area (Å²) in [4.78, 5) is 15.0. The van der Waals surface area contributed by atoms with Crippen LogP contribution in [-0.4, -0.2) is 16.1 Å². The fourth-order valence-corrected chi connectivity index (χ4v) is 1.84. The fraction of sp³-hybridized carbons (Fsp3) is 0.0909. The minimum Gasteiger partial charge on any atom is -0.478 e. The molecule has 0 atom stereocenters. The van der Waals surface area contributed by atoms with Gasteiger partial charge in [-0.3, -0.25) is 4.98 Å². The molecule has 1 heterocycles. The van der Waals surface area contributed by atoms with Crippen molar-refractivity contribution in [3.8, 4) is 0 Å². The summed E-state index contributed by atoms with van der Waals surface area (Å²) in [6.45, 7) is 1.69. The zero-order chi connectivity index (χ0) is 11.9. The second-order valence-electron chi connectivity index (χ2n) is 3.40. The standard InChI is InChI=1S/C11H7ClFNO2/c1-5-2-9(12)7-3-6(13)4-8(11(15)16)10(7)14-5/h2-4H,1H3,(H,15,16). The van der Waals surface area contributed by atoms with Crippen LogP contribution in [0.15, 0.2) is 18.2 Å². The Kier molecular flexibility index (Phi) is 2.52. The van der Waals surface area contributed by atoms with E-state index in [9.17, 15) is 9.18 Å². The van der Waals surface area contributed by atoms with Crippen molar-refractivity contribution in [2.24, 2.45) is 0 Å². The van der Waals surface area contributed by atoms with Crippen molar-refractivity contribution in [1.82, 2.24) is 4.98 Å². The van der Waals surface area contributed by atoms with Crippen LogP contribution in [0, 0.1) is 12.7 Å². The van der Waals surface area contributed by atoms with E-state index in [-0.39, 0.29) is 11.1 Å². The van der Waals surface area contributed by atoms with Gasteiger partial charge in [-0.2, -0.15) is 0 Å². The molecule has 1 aromatic carbocycles. The van der Waals surface area contributed by atoms with Gasteiger partial charge in [0.15, 0.2) is 0 Å². The minimum atomic E-state index is -1.22. The smallest absolute Gasteiger partial charge is 0.338 e. The molecule has 1 N–H and O–H groups in total. The highest BCUT2D eigenvalue weighted by molar-refractivity contribution is 6.35. The monoisotopic (exact) mass is 239 g/mol. The van der Waals surface area contributed by atoms with Crippen LogP contribution in [0.5, 0.6) is 0 Å². The van der Waals surface area contributed by atoms with Crippen LogP contribution in [0.2, 0.25) is 5.02 Å². The van der Waals surface area contributed by atoms with Crippen LogP contribution in [0.1, 0.15) is 16.1 Å². The number of rotatable bonds is 1. The number of carboxylic acids is 1. The van der Waals surface area contributed by atoms with Gasteiger partial charge in [-0.05, 0) is 25.1 Å². The van der Waals surface area contributed by atoms with Crippen molar-refractivity contribution in [3.05, 3.63) is 40.3 Å². The molecule has 0 aliphatic heterocycles. The molecule has 5 heteroatoms. The maximum atomic E-state index is 13.2. The van der Waals surface area contributed by atoms with Crippen LogP contribution in [0.25, 0.3) is 10.9 Å². The summed E-state index contributed by atoms with van der Waals surface area (Å²) in [6.07, 6.45) is 0. The molecule has 0 aliphatic rings. The van der Waals surface area contributed by atoms with Gasteiger partial charge in [0.05, 0.1) is 16.1 Å². The van der Waals surface area contributed by atoms with Crippen molar-refractivity contribution < 1.29 is 14.3 Å². The number of aromatic carboxylic acids is 1. The van der Waals surface area contributed by atoms with E-state index in [1.54, 1.807) is 13.0 Å². The number of fused-ring (bicyclic) bond motifs is 1. The molecule has 0 amide bonds. The fourth-order valence-electron chi connectivity index (χ4n) is 1.53. The third-order valence-electron chi connectivity index (χ3n) is 2.19. The lowest BCUT2D eigenvalue weighted by Crippen LogP contribution is -2.01. The van der Waals surface area contributed by atoms with E-state index in [1.807, 2.05) is 0 Å². The lowest BCUT2D eigenvalue weighted by molar-refractivity contribution is 0.0698. The van der Waals surface area contributed by atoms with Gasteiger partial charge in [0.2, 0.25) is 0 Å². The first kappa shape index (κ1) is 10.8. The summed E-state index contributed by atoms with van der Waals surface area (Å²) < 4.78 is 13.2. The van der Waals surface area contributed by atoms with Gasteiger partial charge in [-0.25, -0.2) is 9.18 Å². The van der Waals surface area contributed by atoms with Crippen molar-refractivity contribution >= 4 is 28.5 Å². The second-order valence-corrected chi connectivity index (χ2v) is 3.81. The molecule has 0 fully saturated rings. The number of carboxylic acid groups (broad SMARTS) is 1. The first-order valence-electron chi connectivity index (χ1n) is 4.48. The SMILES string of the molecule is Cc1cc(Cl)c2cc(F)cc(C(=O)O)c2n1. The largest absolute Gasteiger partial charge is 0.478 e. The van der Waals surface area contributed by atoms with Gasteiger partial charge in [0, 0.05) is 11.1 Å². The van der Waals surface area contributed by atoms with Crippen LogP contribution in [0.3, 0.4) is 0 Å². The molecule has 1 aromatic heterocycles. The zero-order valence-electron chi connectivity index (χ0n) is 8.29. The number of halogens is 2. The summed E-state index contributed by atoms with van der Waals surface area (Å²) in [6, 6.07) is 3.68. The van der Waals surface area contributed by atoms with E-state index < -0.39 is 11.8 Å². The number of carbonyl (C=O) groups is 1. The Hall–Kier alpha value is -1.68. The Morgan fingerprint density at radius 1 is 1.44 bits per heavy atom. The number of nitrogens with zero attached hydrogens (tertiary/aromatic N) is 1. The Morgan fingerprint density at radius 2 is 2.12 bits per heavy atom. The Balaban J connectivity index is 2.95. The van der Waals surface area contributed by atoms with Gasteiger partial charge in [-0.15, -0.1) is 0 Å². The Labute approximate surface area is 95.5 Å². The van der Waals surface area contributed by atoms with Crippen LogP contribution >= 0.6 is 11.6 Å². The van der Waals surface area contributed by atoms with E-state index in [4.69, 9.17) is 16.7 Å². The molecule has 0 aliphatic carbocycles. The van der Waals surface area contributed by atoms with Crippen molar-refractivity contribution in [2.45, 2.75) is 6.92 Å². The molecule has 0 saturated heterocycles. The molecule has 82 valence electrons. The average Bonchev–Trinajstić information content (AvgIpc) is 2.18. The lowest BCUT2D eigenvalue weighted by atomic mass is 10.1. The summed E-state index contributed by atoms with van der Waals surface area (Å²) in [5.74, 6) is -1.86. The van der Waals surface area contributed by atoms with Gasteiger partial charge in [-0.1, -0.05) is 11.6 Å². The average molecular weight is 240 g/mol. The summed E-state index contributed by atoms with van der Waals surface area (Å²) >= 11 is 5.91. The van der Waals surface area contributed by atoms with Gasteiger partial charge >= 0.3 is 5.97 Å². The summed E-state index contributed by atoms with van der Waals surface area (Å²) in [7, 11) is 0. The molecule has 0 bridgehead atoms. The van der Waals surface area contributed by atoms with Gasteiger partial charge in [0.1, 0.15) is 5.82 Å². The first-order chi connectivity index (χ1) is 7.49. The molecule has 0 spiro atoms. The Morgan fingerprint density at radius 3 is 2.75 bits per heavy atom. The van der Waals surface area contributed by atoms with E-state index in [1.165, 1.54) is 6.07 Å². The van der Waals surface area contributed by atoms with Crippen molar-refractivity contribution in [1.29, 1.82) is 0 Å². The Bertz CT molecular complexity index is 598. The molecular weight excluding hydrogens is 233 g/mol. The summed E-state index contributed by atoms with van der Waals surface area (Å²) in [5, 5.41) is 9.55. The number of hydrogen-bond acceptors (Lipinski definition) is 2. The highest BCUT2D eigenvalue weighted by Crippen LogP contribution is 2.26. The quantitative estimate of drug-likeness (QED) is 0.832. The van der Waals surface area contributed by atoms with Crippen molar-refractivity contribution in [3.63, 3.8) is 0 Å². The number of benzene rings is 1. The van der Waals surface area contributed by atoms with E-state index in [0.29, 0.717) is 16.1 Å². The second kappa shape index (κ2) is 3.72. The molecule has 3 nitrogen and oxygen atoms in total. The topological polar surface area (TPSA) is 50.2 Å². The van der Waals surface area contributed by atoms with E-state index in [2.05, 4.69) is 4.98 Å². The predicted octanol–water partition coefficient (Wildman–Crippen LogP) is 3.03. The highest BCUT2D eigenvalue weighted by atomic mass is 35.5. The third kappa shape index (κ3) is 1.72. The molecule has 0 radical (unpaired) electrons. The number of hydrogen-bond donors (Lipinski definition) is 1. The van der Waals surface area contributed by atoms with Crippen LogP contribution in [-0.2, 0) is 0 Å². The van der Waals surface area contributed by atoms with E-state index >= 15 is 0 Å². The first-order valence-corrected chi connectivity index (χ1v) is 4.86. The van der Waals surface area contributed by atoms with Crippen molar-refractivity contribution in [2.75, 3.05) is 0 Å². The molecule has 2 rings (SSSR count). The van der Waals surface area contributed by atoms with Gasteiger partial charge in [0.25, 0.3) is 0 Å². The lowest BCUT2D eigenvalue weighted by Gasteiger charge is -2.05. The van der Waals surface area contributed by atoms with Crippen LogP contribution in [0.4, 0.5) is 4.39 Å². The third-order valence-corrected chi connectivity index (χ3v) is 2.50. The van der Waals surface area contributed by atoms with Gasteiger partial charge < -0.3 is 5.11 Å². The molecular formula is C11H7ClFNO2. The number of aryl methyl sites for hydroxylation is 1. The molecule has 2 aromatic rings.